The van der Waals surface area contributed by atoms with Gasteiger partial charge in [0, 0.05) is 38.6 Å². The molecule has 0 aliphatic rings. The molecule has 0 aliphatic heterocycles. The number of hydrogen-bond donors (Lipinski definition) is 0. The predicted octanol–water partition coefficient (Wildman–Crippen LogP) is 2.39. The van der Waals surface area contributed by atoms with Gasteiger partial charge in [0.1, 0.15) is 5.15 Å². The van der Waals surface area contributed by atoms with Crippen molar-refractivity contribution in [1.29, 1.82) is 0 Å². The molecule has 0 spiro atoms. The zero-order valence-corrected chi connectivity index (χ0v) is 12.0. The van der Waals surface area contributed by atoms with Crippen molar-refractivity contribution in [2.75, 3.05) is 7.05 Å². The van der Waals surface area contributed by atoms with Crippen LogP contribution in [-0.4, -0.2) is 32.6 Å². The maximum absolute atomic E-state index is 12.2. The first kappa shape index (κ1) is 13.8. The van der Waals surface area contributed by atoms with E-state index in [4.69, 9.17) is 23.2 Å². The van der Waals surface area contributed by atoms with Crippen LogP contribution in [0.15, 0.2) is 24.7 Å². The Balaban J connectivity index is 2.12. The Bertz CT molecular complexity index is 612. The van der Waals surface area contributed by atoms with Gasteiger partial charge in [-0.3, -0.25) is 9.48 Å². The largest absolute Gasteiger partial charge is 0.337 e. The molecule has 19 heavy (non-hydrogen) atoms. The third kappa shape index (κ3) is 3.24. The molecule has 0 fully saturated rings. The normalized spacial score (nSPS) is 10.5. The van der Waals surface area contributed by atoms with Gasteiger partial charge in [0.25, 0.3) is 5.91 Å². The first-order valence-electron chi connectivity index (χ1n) is 5.51. The highest BCUT2D eigenvalue weighted by molar-refractivity contribution is 6.41. The monoisotopic (exact) mass is 298 g/mol. The van der Waals surface area contributed by atoms with Crippen molar-refractivity contribution in [1.82, 2.24) is 19.7 Å². The van der Waals surface area contributed by atoms with Crippen LogP contribution in [0.4, 0.5) is 0 Å². The molecule has 2 heterocycles. The van der Waals surface area contributed by atoms with Gasteiger partial charge in [-0.05, 0) is 6.07 Å². The summed E-state index contributed by atoms with van der Waals surface area (Å²) in [5.41, 5.74) is 1.35. The first-order chi connectivity index (χ1) is 8.97. The lowest BCUT2D eigenvalue weighted by atomic mass is 10.2. The van der Waals surface area contributed by atoms with Crippen LogP contribution in [0.3, 0.4) is 0 Å². The Labute approximate surface area is 120 Å². The van der Waals surface area contributed by atoms with Crippen molar-refractivity contribution < 1.29 is 4.79 Å². The minimum Gasteiger partial charge on any atom is -0.337 e. The summed E-state index contributed by atoms with van der Waals surface area (Å²) < 4.78 is 1.69. The summed E-state index contributed by atoms with van der Waals surface area (Å²) >= 11 is 11.6. The molecule has 5 nitrogen and oxygen atoms in total. The Morgan fingerprint density at radius 2 is 2.16 bits per heavy atom. The molecule has 100 valence electrons. The molecular weight excluding hydrogens is 287 g/mol. The molecular formula is C12H12Cl2N4O. The molecule has 7 heteroatoms. The van der Waals surface area contributed by atoms with Crippen LogP contribution in [-0.2, 0) is 13.6 Å². The van der Waals surface area contributed by atoms with Gasteiger partial charge in [0.05, 0.1) is 16.8 Å². The van der Waals surface area contributed by atoms with Gasteiger partial charge >= 0.3 is 0 Å². The van der Waals surface area contributed by atoms with E-state index in [1.165, 1.54) is 12.3 Å². The molecule has 0 aromatic carbocycles. The Morgan fingerprint density at radius 1 is 1.42 bits per heavy atom. The van der Waals surface area contributed by atoms with Crippen LogP contribution in [0.2, 0.25) is 10.2 Å². The van der Waals surface area contributed by atoms with Crippen molar-refractivity contribution in [3.63, 3.8) is 0 Å². The third-order valence-corrected chi connectivity index (χ3v) is 3.25. The van der Waals surface area contributed by atoms with Gasteiger partial charge in [-0.2, -0.15) is 5.10 Å². The van der Waals surface area contributed by atoms with Gasteiger partial charge in [-0.1, -0.05) is 23.2 Å². The number of amides is 1. The second-order valence-corrected chi connectivity index (χ2v) is 4.95. The minimum atomic E-state index is -0.171. The number of rotatable bonds is 3. The molecule has 0 radical (unpaired) electrons. The van der Waals surface area contributed by atoms with Crippen molar-refractivity contribution in [2.45, 2.75) is 6.54 Å². The van der Waals surface area contributed by atoms with Crippen LogP contribution in [0.1, 0.15) is 15.9 Å². The summed E-state index contributed by atoms with van der Waals surface area (Å²) in [6.45, 7) is 0.465. The number of hydrogen-bond acceptors (Lipinski definition) is 3. The molecule has 2 aromatic heterocycles. The first-order valence-corrected chi connectivity index (χ1v) is 6.27. The summed E-state index contributed by atoms with van der Waals surface area (Å²) in [5, 5.41) is 4.51. The molecule has 0 aliphatic carbocycles. The fourth-order valence-electron chi connectivity index (χ4n) is 1.66. The number of halogens is 2. The van der Waals surface area contributed by atoms with E-state index in [0.717, 1.165) is 5.56 Å². The molecule has 1 amide bonds. The number of aromatic nitrogens is 3. The van der Waals surface area contributed by atoms with Crippen molar-refractivity contribution in [3.8, 4) is 0 Å². The summed E-state index contributed by atoms with van der Waals surface area (Å²) in [4.78, 5) is 17.6. The van der Waals surface area contributed by atoms with E-state index < -0.39 is 0 Å². The third-order valence-electron chi connectivity index (χ3n) is 2.57. The lowest BCUT2D eigenvalue weighted by molar-refractivity contribution is 0.0784. The van der Waals surface area contributed by atoms with Crippen LogP contribution >= 0.6 is 23.2 Å². The van der Waals surface area contributed by atoms with Gasteiger partial charge in [0.2, 0.25) is 0 Å². The Morgan fingerprint density at radius 3 is 2.74 bits per heavy atom. The Kier molecular flexibility index (Phi) is 4.07. The van der Waals surface area contributed by atoms with Gasteiger partial charge < -0.3 is 4.90 Å². The Hall–Kier alpha value is -1.59. The summed E-state index contributed by atoms with van der Waals surface area (Å²) in [7, 11) is 3.53. The van der Waals surface area contributed by atoms with E-state index in [0.29, 0.717) is 12.1 Å². The van der Waals surface area contributed by atoms with E-state index in [1.807, 2.05) is 13.2 Å². The highest BCUT2D eigenvalue weighted by atomic mass is 35.5. The second-order valence-electron chi connectivity index (χ2n) is 4.18. The summed E-state index contributed by atoms with van der Waals surface area (Å²) in [6.07, 6.45) is 4.99. The van der Waals surface area contributed by atoms with Gasteiger partial charge in [-0.25, -0.2) is 4.98 Å². The zero-order chi connectivity index (χ0) is 14.0. The van der Waals surface area contributed by atoms with Gasteiger partial charge in [-0.15, -0.1) is 0 Å². The molecule has 0 saturated heterocycles. The summed E-state index contributed by atoms with van der Waals surface area (Å²) in [6, 6.07) is 1.51. The predicted molar refractivity (Wildman–Crippen MR) is 73.3 cm³/mol. The molecule has 0 unspecified atom stereocenters. The molecule has 0 saturated carbocycles. The lowest BCUT2D eigenvalue weighted by Crippen LogP contribution is -2.26. The number of aryl methyl sites for hydroxylation is 1. The average Bonchev–Trinajstić information content (AvgIpc) is 2.77. The highest BCUT2D eigenvalue weighted by Crippen LogP contribution is 2.20. The minimum absolute atomic E-state index is 0.171. The van der Waals surface area contributed by atoms with E-state index in [1.54, 1.807) is 22.8 Å². The molecule has 0 N–H and O–H groups in total. The fourth-order valence-corrected chi connectivity index (χ4v) is 1.93. The SMILES string of the molecule is CN(Cc1cnn(C)c1)C(=O)c1cnc(Cl)c(Cl)c1. The number of nitrogens with zero attached hydrogens (tertiary/aromatic N) is 4. The average molecular weight is 299 g/mol. The van der Waals surface area contributed by atoms with Crippen molar-refractivity contribution >= 4 is 29.1 Å². The summed E-state index contributed by atoms with van der Waals surface area (Å²) in [5.74, 6) is -0.171. The molecule has 2 rings (SSSR count). The zero-order valence-electron chi connectivity index (χ0n) is 10.5. The number of carbonyl (C=O) groups excluding carboxylic acids is 1. The van der Waals surface area contributed by atoms with Crippen LogP contribution in [0.25, 0.3) is 0 Å². The topological polar surface area (TPSA) is 51.0 Å². The highest BCUT2D eigenvalue weighted by Gasteiger charge is 2.14. The van der Waals surface area contributed by atoms with E-state index in [-0.39, 0.29) is 16.1 Å². The maximum Gasteiger partial charge on any atom is 0.255 e. The van der Waals surface area contributed by atoms with Crippen molar-refractivity contribution in [2.24, 2.45) is 7.05 Å². The molecule has 0 bridgehead atoms. The molecule has 2 aromatic rings. The van der Waals surface area contributed by atoms with E-state index >= 15 is 0 Å². The van der Waals surface area contributed by atoms with Crippen LogP contribution in [0.5, 0.6) is 0 Å². The van der Waals surface area contributed by atoms with Gasteiger partial charge in [0.15, 0.2) is 0 Å². The van der Waals surface area contributed by atoms with Crippen LogP contribution in [0, 0.1) is 0 Å². The lowest BCUT2D eigenvalue weighted by Gasteiger charge is -2.16. The fraction of sp³-hybridized carbons (Fsp3) is 0.250. The number of carbonyl (C=O) groups is 1. The van der Waals surface area contributed by atoms with Crippen LogP contribution < -0.4 is 0 Å². The molecule has 0 atom stereocenters. The van der Waals surface area contributed by atoms with Crippen molar-refractivity contribution in [3.05, 3.63) is 46.0 Å². The second kappa shape index (κ2) is 5.59. The smallest absolute Gasteiger partial charge is 0.255 e. The standard InChI is InChI=1S/C12H12Cl2N4O/c1-17(6-8-4-16-18(2)7-8)12(19)9-3-10(13)11(14)15-5-9/h3-5,7H,6H2,1-2H3. The quantitative estimate of drug-likeness (QED) is 0.818. The van der Waals surface area contributed by atoms with E-state index in [9.17, 15) is 4.79 Å². The maximum atomic E-state index is 12.2. The van der Waals surface area contributed by atoms with E-state index in [2.05, 4.69) is 10.1 Å². The number of pyridine rings is 1.